The molecule has 0 spiro atoms. The van der Waals surface area contributed by atoms with Gasteiger partial charge < -0.3 is 33.9 Å². The summed E-state index contributed by atoms with van der Waals surface area (Å²) >= 11 is 0. The van der Waals surface area contributed by atoms with E-state index in [4.69, 9.17) is 18.9 Å². The van der Waals surface area contributed by atoms with Gasteiger partial charge in [-0.2, -0.15) is 0 Å². The molecule has 0 aliphatic carbocycles. The summed E-state index contributed by atoms with van der Waals surface area (Å²) in [5.74, 6) is 1.47. The quantitative estimate of drug-likeness (QED) is 0.332. The highest BCUT2D eigenvalue weighted by atomic mass is 16.7. The number of anilines is 2. The number of pyridine rings is 1. The van der Waals surface area contributed by atoms with Crippen LogP contribution in [0.25, 0.3) is 27.5 Å². The number of benzene rings is 3. The van der Waals surface area contributed by atoms with Crippen LogP contribution in [-0.4, -0.2) is 41.6 Å². The van der Waals surface area contributed by atoms with Crippen molar-refractivity contribution in [2.45, 2.75) is 0 Å². The fourth-order valence-corrected chi connectivity index (χ4v) is 4.50. The van der Waals surface area contributed by atoms with Gasteiger partial charge in [-0.25, -0.2) is 9.78 Å². The van der Waals surface area contributed by atoms with Crippen molar-refractivity contribution >= 4 is 39.3 Å². The molecule has 2 aromatic heterocycles. The van der Waals surface area contributed by atoms with E-state index in [9.17, 15) is 9.90 Å². The highest BCUT2D eigenvalue weighted by Gasteiger charge is 2.27. The summed E-state index contributed by atoms with van der Waals surface area (Å²) in [5.41, 5.74) is 2.38. The lowest BCUT2D eigenvalue weighted by Gasteiger charge is -2.11. The van der Waals surface area contributed by atoms with Gasteiger partial charge in [0.1, 0.15) is 5.82 Å². The Morgan fingerprint density at radius 3 is 2.56 bits per heavy atom. The molecule has 5 aromatic rings. The maximum absolute atomic E-state index is 12.7. The number of carbonyl (C=O) groups is 1. The predicted octanol–water partition coefficient (Wildman–Crippen LogP) is 5.37. The van der Waals surface area contributed by atoms with Crippen LogP contribution in [0, 0.1) is 0 Å². The predicted molar refractivity (Wildman–Crippen MR) is 134 cm³/mol. The lowest BCUT2D eigenvalue weighted by atomic mass is 10.2. The number of nitrogens with one attached hydrogen (secondary N) is 1. The molecule has 1 aliphatic rings. The molecule has 6 rings (SSSR count). The van der Waals surface area contributed by atoms with Crippen molar-refractivity contribution < 1.29 is 28.8 Å². The first-order chi connectivity index (χ1) is 17.6. The van der Waals surface area contributed by atoms with Gasteiger partial charge in [0.2, 0.25) is 6.79 Å². The Morgan fingerprint density at radius 1 is 0.972 bits per heavy atom. The second kappa shape index (κ2) is 8.38. The normalized spacial score (nSPS) is 12.2. The molecule has 1 aliphatic heterocycles. The average Bonchev–Trinajstić information content (AvgIpc) is 3.49. The summed E-state index contributed by atoms with van der Waals surface area (Å²) in [5, 5.41) is 15.3. The summed E-state index contributed by atoms with van der Waals surface area (Å²) in [4.78, 5) is 17.4. The van der Waals surface area contributed by atoms with E-state index in [2.05, 4.69) is 10.3 Å². The molecule has 3 heterocycles. The Morgan fingerprint density at radius 2 is 1.75 bits per heavy atom. The number of methoxy groups -OCH3 is 2. The third-order valence-electron chi connectivity index (χ3n) is 6.14. The van der Waals surface area contributed by atoms with Crippen LogP contribution in [0.2, 0.25) is 0 Å². The van der Waals surface area contributed by atoms with Gasteiger partial charge in [0, 0.05) is 22.9 Å². The molecule has 0 amide bonds. The monoisotopic (exact) mass is 483 g/mol. The van der Waals surface area contributed by atoms with Gasteiger partial charge >= 0.3 is 5.97 Å². The van der Waals surface area contributed by atoms with Crippen LogP contribution < -0.4 is 24.3 Å². The third-order valence-corrected chi connectivity index (χ3v) is 6.14. The Hall–Kier alpha value is -4.92. The van der Waals surface area contributed by atoms with Gasteiger partial charge in [0.25, 0.3) is 0 Å². The molecule has 3 aromatic carbocycles. The van der Waals surface area contributed by atoms with Crippen molar-refractivity contribution in [1.29, 1.82) is 0 Å². The van der Waals surface area contributed by atoms with Crippen molar-refractivity contribution in [1.82, 2.24) is 9.55 Å². The minimum absolute atomic E-state index is 0.0223. The molecular weight excluding hydrogens is 462 g/mol. The Labute approximate surface area is 205 Å². The first-order valence-corrected chi connectivity index (χ1v) is 11.1. The zero-order valence-electron chi connectivity index (χ0n) is 19.4. The van der Waals surface area contributed by atoms with Crippen LogP contribution in [0.3, 0.4) is 0 Å². The van der Waals surface area contributed by atoms with Crippen molar-refractivity contribution in [3.05, 3.63) is 72.4 Å². The number of nitrogens with zero attached hydrogens (tertiary/aromatic N) is 2. The molecular formula is C27H21N3O6. The molecule has 36 heavy (non-hydrogen) atoms. The maximum Gasteiger partial charge on any atom is 0.355 e. The van der Waals surface area contributed by atoms with Crippen molar-refractivity contribution in [2.75, 3.05) is 26.3 Å². The first kappa shape index (κ1) is 21.6. The van der Waals surface area contributed by atoms with Gasteiger partial charge in [0.05, 0.1) is 36.6 Å². The number of para-hydroxylation sites is 1. The number of ether oxygens (including phenoxy) is 4. The summed E-state index contributed by atoms with van der Waals surface area (Å²) in [6.07, 6.45) is 0. The van der Waals surface area contributed by atoms with Gasteiger partial charge in [-0.1, -0.05) is 18.2 Å². The number of rotatable bonds is 6. The van der Waals surface area contributed by atoms with E-state index < -0.39 is 5.97 Å². The molecule has 0 bridgehead atoms. The zero-order chi connectivity index (χ0) is 24.8. The molecule has 0 unspecified atom stereocenters. The lowest BCUT2D eigenvalue weighted by Crippen LogP contribution is -2.09. The van der Waals surface area contributed by atoms with E-state index in [0.29, 0.717) is 51.1 Å². The Balaban J connectivity index is 1.62. The van der Waals surface area contributed by atoms with E-state index in [1.807, 2.05) is 36.4 Å². The van der Waals surface area contributed by atoms with E-state index in [1.54, 1.807) is 34.9 Å². The molecule has 0 fully saturated rings. The Bertz CT molecular complexity index is 1660. The average molecular weight is 483 g/mol. The van der Waals surface area contributed by atoms with Crippen LogP contribution in [0.5, 0.6) is 23.0 Å². The van der Waals surface area contributed by atoms with Gasteiger partial charge in [-0.05, 0) is 36.4 Å². The summed E-state index contributed by atoms with van der Waals surface area (Å²) in [7, 11) is 3.07. The lowest BCUT2D eigenvalue weighted by molar-refractivity contribution is 0.0689. The molecule has 0 atom stereocenters. The standard InChI is InChI=1S/C27H21N3O6/c1-33-21-12-17-19(13-22(21)34-2)30(16-8-9-20-23(11-16)36-14-35-20)26(27(31)32)25(17)29-24-10-7-15-5-3-4-6-18(15)28-24/h3-13H,14H2,1-2H3,(H,28,29)(H,31,32). The van der Waals surface area contributed by atoms with Crippen LogP contribution in [0.4, 0.5) is 11.5 Å². The second-order valence-electron chi connectivity index (χ2n) is 8.14. The SMILES string of the molecule is COc1cc2c(Nc3ccc4ccccc4n3)c(C(=O)O)n(-c3ccc4c(c3)OCO4)c2cc1OC. The number of fused-ring (bicyclic) bond motifs is 3. The highest BCUT2D eigenvalue weighted by Crippen LogP contribution is 2.43. The summed E-state index contributed by atoms with van der Waals surface area (Å²) in [6.45, 7) is 0.114. The van der Waals surface area contributed by atoms with Crippen LogP contribution in [0.15, 0.2) is 66.7 Å². The molecule has 2 N–H and O–H groups in total. The maximum atomic E-state index is 12.7. The van der Waals surface area contributed by atoms with Crippen molar-refractivity contribution in [2.24, 2.45) is 0 Å². The van der Waals surface area contributed by atoms with Crippen molar-refractivity contribution in [3.63, 3.8) is 0 Å². The third kappa shape index (κ3) is 3.40. The molecule has 0 radical (unpaired) electrons. The number of hydrogen-bond acceptors (Lipinski definition) is 7. The minimum atomic E-state index is -1.12. The van der Waals surface area contributed by atoms with E-state index >= 15 is 0 Å². The van der Waals surface area contributed by atoms with Gasteiger partial charge in [-0.15, -0.1) is 0 Å². The number of aromatic nitrogens is 2. The van der Waals surface area contributed by atoms with Crippen molar-refractivity contribution in [3.8, 4) is 28.7 Å². The summed E-state index contributed by atoms with van der Waals surface area (Å²) in [6, 6.07) is 20.3. The smallest absolute Gasteiger partial charge is 0.355 e. The van der Waals surface area contributed by atoms with Crippen LogP contribution in [0.1, 0.15) is 10.5 Å². The molecule has 0 saturated carbocycles. The van der Waals surface area contributed by atoms with E-state index in [1.165, 1.54) is 14.2 Å². The highest BCUT2D eigenvalue weighted by molar-refractivity contribution is 6.09. The first-order valence-electron chi connectivity index (χ1n) is 11.1. The molecule has 9 heteroatoms. The Kier molecular flexibility index (Phi) is 5.03. The minimum Gasteiger partial charge on any atom is -0.493 e. The van der Waals surface area contributed by atoms with E-state index in [-0.39, 0.29) is 12.5 Å². The van der Waals surface area contributed by atoms with Gasteiger partial charge in [-0.3, -0.25) is 0 Å². The number of carboxylic acid groups (broad SMARTS) is 1. The van der Waals surface area contributed by atoms with Gasteiger partial charge in [0.15, 0.2) is 28.7 Å². The van der Waals surface area contributed by atoms with E-state index in [0.717, 1.165) is 10.9 Å². The molecule has 0 saturated heterocycles. The second-order valence-corrected chi connectivity index (χ2v) is 8.14. The summed E-state index contributed by atoms with van der Waals surface area (Å²) < 4.78 is 23.7. The molecule has 9 nitrogen and oxygen atoms in total. The van der Waals surface area contributed by atoms with Crippen LogP contribution in [-0.2, 0) is 0 Å². The fourth-order valence-electron chi connectivity index (χ4n) is 4.50. The number of carboxylic acids is 1. The number of aromatic carboxylic acids is 1. The zero-order valence-corrected chi connectivity index (χ0v) is 19.4. The number of hydrogen-bond donors (Lipinski definition) is 2. The molecule has 180 valence electrons. The largest absolute Gasteiger partial charge is 0.493 e. The topological polar surface area (TPSA) is 104 Å². The van der Waals surface area contributed by atoms with Crippen LogP contribution >= 0.6 is 0 Å². The fraction of sp³-hybridized carbons (Fsp3) is 0.111.